The van der Waals surface area contributed by atoms with Crippen molar-refractivity contribution in [3.05, 3.63) is 20.2 Å². The second kappa shape index (κ2) is 22.6. The number of hydrogen-bond donors (Lipinski definition) is 2. The van der Waals surface area contributed by atoms with Gasteiger partial charge in [-0.15, -0.1) is 0 Å². The number of hydrogen-bond acceptors (Lipinski definition) is 15. The van der Waals surface area contributed by atoms with Crippen LogP contribution < -0.4 is 0 Å². The Morgan fingerprint density at radius 1 is 0.576 bits per heavy atom. The van der Waals surface area contributed by atoms with Crippen molar-refractivity contribution in [2.24, 2.45) is 23.7 Å². The van der Waals surface area contributed by atoms with E-state index in [0.29, 0.717) is 44.9 Å². The molecule has 59 heavy (non-hydrogen) atoms. The lowest BCUT2D eigenvalue weighted by Crippen LogP contribution is -2.42. The molecule has 0 aromatic rings. The second-order valence-corrected chi connectivity index (χ2v) is 19.3. The highest BCUT2D eigenvalue weighted by Crippen LogP contribution is 2.37. The Kier molecular flexibility index (Phi) is 17.7. The smallest absolute Gasteiger partial charge is 0.310 e. The molecule has 19 heteroatoms. The van der Waals surface area contributed by atoms with E-state index in [1.54, 1.807) is 0 Å². The van der Waals surface area contributed by atoms with Gasteiger partial charge in [0.05, 0.1) is 66.9 Å². The first-order valence-corrected chi connectivity index (χ1v) is 23.2. The molecule has 6 fully saturated rings. The standard InChI is InChI=1S/C40H64N2O16S/c43-39(44)37-20-3-28(42(48)49)22-38(37)40(45)56-33-6-4-29(5-7-33)55-32-16-18-36(19-17-32)59(51)58-35-14-10-31(11-15-35)54-30-8-12-34(13-9-30)57-53-24-26-21-27(41(46)47)2-1-25(26)23-52-50/h25-38,50H,1-24H2,(H,43,44). The molecule has 0 aromatic heterocycles. The topological polar surface area (TPSA) is 243 Å². The van der Waals surface area contributed by atoms with Crippen molar-refractivity contribution in [3.8, 4) is 0 Å². The number of nitro groups is 2. The van der Waals surface area contributed by atoms with Gasteiger partial charge < -0.3 is 19.3 Å². The molecule has 18 nitrogen and oxygen atoms in total. The zero-order valence-electron chi connectivity index (χ0n) is 34.0. The lowest BCUT2D eigenvalue weighted by molar-refractivity contribution is -0.530. The van der Waals surface area contributed by atoms with Crippen molar-refractivity contribution in [2.75, 3.05) is 13.2 Å². The summed E-state index contributed by atoms with van der Waals surface area (Å²) in [6, 6.07) is -1.54. The Hall–Kier alpha value is -2.39. The molecule has 0 amide bonds. The van der Waals surface area contributed by atoms with Crippen LogP contribution in [0.4, 0.5) is 0 Å². The summed E-state index contributed by atoms with van der Waals surface area (Å²) in [5.41, 5.74) is 0. The SMILES string of the molecule is O=C(O)C1CCC([N+](=O)[O-])CC1C(=O)OC1CCC(OC2CCC(S(=O)OC3CCC(OC4CCC(OOCC5CC([N+](=O)[O-])CCC5COO)CC4)CC3)CC2)CC1. The number of ether oxygens (including phenoxy) is 3. The number of carboxylic acids is 1. The van der Waals surface area contributed by atoms with E-state index in [1.165, 1.54) is 0 Å². The maximum absolute atomic E-state index is 13.2. The van der Waals surface area contributed by atoms with Crippen LogP contribution >= 0.6 is 0 Å². The largest absolute Gasteiger partial charge is 0.481 e. The van der Waals surface area contributed by atoms with Gasteiger partial charge in [0.2, 0.25) is 12.1 Å². The fourth-order valence-electron chi connectivity index (χ4n) is 10.3. The van der Waals surface area contributed by atoms with Gasteiger partial charge in [0.25, 0.3) is 0 Å². The molecule has 6 saturated carbocycles. The van der Waals surface area contributed by atoms with Crippen molar-refractivity contribution in [1.29, 1.82) is 0 Å². The van der Waals surface area contributed by atoms with Crippen LogP contribution in [0.1, 0.15) is 141 Å². The Balaban J connectivity index is 0.800. The third-order valence-electron chi connectivity index (χ3n) is 14.0. The third kappa shape index (κ3) is 13.5. The van der Waals surface area contributed by atoms with Crippen molar-refractivity contribution in [2.45, 2.75) is 201 Å². The molecule has 7 unspecified atom stereocenters. The molecule has 0 aromatic carbocycles. The van der Waals surface area contributed by atoms with Crippen LogP contribution in [0.2, 0.25) is 0 Å². The minimum absolute atomic E-state index is 0.0107. The minimum atomic E-state index is -1.37. The van der Waals surface area contributed by atoms with Gasteiger partial charge >= 0.3 is 11.9 Å². The monoisotopic (exact) mass is 860 g/mol. The molecule has 2 N–H and O–H groups in total. The van der Waals surface area contributed by atoms with Gasteiger partial charge in [-0.2, -0.15) is 0 Å². The summed E-state index contributed by atoms with van der Waals surface area (Å²) in [6.45, 7) is 0.356. The maximum Gasteiger partial charge on any atom is 0.310 e. The average Bonchev–Trinajstić information content (AvgIpc) is 3.23. The van der Waals surface area contributed by atoms with Crippen LogP contribution in [-0.4, -0.2) is 110 Å². The van der Waals surface area contributed by atoms with E-state index < -0.39 is 51.9 Å². The van der Waals surface area contributed by atoms with Gasteiger partial charge in [-0.25, -0.2) is 18.9 Å². The number of nitrogens with zero attached hydrogens (tertiary/aromatic N) is 2. The first kappa shape index (κ1) is 46.1. The molecule has 0 radical (unpaired) electrons. The predicted octanol–water partition coefficient (Wildman–Crippen LogP) is 6.13. The Morgan fingerprint density at radius 2 is 1.07 bits per heavy atom. The molecule has 0 spiro atoms. The third-order valence-corrected chi connectivity index (χ3v) is 15.4. The minimum Gasteiger partial charge on any atom is -0.481 e. The Bertz CT molecular complexity index is 1390. The number of esters is 1. The summed E-state index contributed by atoms with van der Waals surface area (Å²) in [4.78, 5) is 62.3. The normalized spacial score (nSPS) is 38.8. The van der Waals surface area contributed by atoms with Crippen molar-refractivity contribution in [3.63, 3.8) is 0 Å². The highest BCUT2D eigenvalue weighted by atomic mass is 32.2. The number of carbonyl (C=O) groups is 2. The van der Waals surface area contributed by atoms with Gasteiger partial charge in [0, 0.05) is 35.5 Å². The molecule has 0 heterocycles. The number of carbonyl (C=O) groups excluding carboxylic acids is 1. The summed E-state index contributed by atoms with van der Waals surface area (Å²) in [7, 11) is 0. The van der Waals surface area contributed by atoms with Gasteiger partial charge in [0.15, 0.2) is 11.1 Å². The molecule has 0 bridgehead atoms. The summed E-state index contributed by atoms with van der Waals surface area (Å²) < 4.78 is 37.9. The van der Waals surface area contributed by atoms with E-state index >= 15 is 0 Å². The molecular formula is C40H64N2O16S. The van der Waals surface area contributed by atoms with Gasteiger partial charge in [-0.05, 0) is 127 Å². The van der Waals surface area contributed by atoms with E-state index in [2.05, 4.69) is 4.89 Å². The van der Waals surface area contributed by atoms with E-state index in [-0.39, 0.29) is 97.2 Å². The first-order valence-electron chi connectivity index (χ1n) is 22.1. The van der Waals surface area contributed by atoms with Crippen molar-refractivity contribution < 1.29 is 67.1 Å². The maximum atomic E-state index is 13.2. The van der Waals surface area contributed by atoms with Crippen LogP contribution in [0, 0.1) is 43.9 Å². The number of rotatable bonds is 18. The highest BCUT2D eigenvalue weighted by Gasteiger charge is 2.45. The van der Waals surface area contributed by atoms with Crippen LogP contribution in [0.3, 0.4) is 0 Å². The predicted molar refractivity (Wildman–Crippen MR) is 208 cm³/mol. The molecule has 7 atom stereocenters. The van der Waals surface area contributed by atoms with Crippen LogP contribution in [0.25, 0.3) is 0 Å². The van der Waals surface area contributed by atoms with E-state index in [1.807, 2.05) is 0 Å². The molecule has 0 saturated heterocycles. The molecule has 0 aliphatic heterocycles. The molecule has 6 rings (SSSR count). The lowest BCUT2D eigenvalue weighted by atomic mass is 9.77. The second-order valence-electron chi connectivity index (χ2n) is 17.9. The van der Waals surface area contributed by atoms with Crippen LogP contribution in [0.5, 0.6) is 0 Å². The van der Waals surface area contributed by atoms with Gasteiger partial charge in [0.1, 0.15) is 6.10 Å². The summed E-state index contributed by atoms with van der Waals surface area (Å²) >= 11 is -1.37. The molecule has 6 aliphatic rings. The zero-order chi connectivity index (χ0) is 41.9. The zero-order valence-corrected chi connectivity index (χ0v) is 34.8. The fraction of sp³-hybridized carbons (Fsp3) is 0.950. The average molecular weight is 861 g/mol. The quantitative estimate of drug-likeness (QED) is 0.0681. The first-order chi connectivity index (χ1) is 28.4. The van der Waals surface area contributed by atoms with Gasteiger partial charge in [-0.3, -0.25) is 39.3 Å². The summed E-state index contributed by atoms with van der Waals surface area (Å²) in [5.74, 6) is -3.86. The van der Waals surface area contributed by atoms with E-state index in [4.69, 9.17) is 33.4 Å². The molecular weight excluding hydrogens is 797 g/mol. The summed E-state index contributed by atoms with van der Waals surface area (Å²) in [6.07, 6.45) is 13.9. The number of aliphatic carboxylic acids is 1. The van der Waals surface area contributed by atoms with Crippen LogP contribution in [0.15, 0.2) is 0 Å². The highest BCUT2D eigenvalue weighted by molar-refractivity contribution is 7.80. The summed E-state index contributed by atoms with van der Waals surface area (Å²) in [5, 5.41) is 41.1. The van der Waals surface area contributed by atoms with Crippen molar-refractivity contribution >= 4 is 23.0 Å². The Morgan fingerprint density at radius 3 is 1.61 bits per heavy atom. The molecule has 336 valence electrons. The lowest BCUT2D eigenvalue weighted by Gasteiger charge is -2.36. The number of carboxylic acid groups (broad SMARTS) is 1. The Labute approximate surface area is 347 Å². The van der Waals surface area contributed by atoms with E-state index in [9.17, 15) is 39.1 Å². The van der Waals surface area contributed by atoms with E-state index in [0.717, 1.165) is 77.0 Å². The fourth-order valence-corrected chi connectivity index (χ4v) is 11.6. The van der Waals surface area contributed by atoms with Crippen LogP contribution in [-0.2, 0) is 53.7 Å². The molecule has 6 aliphatic carbocycles. The van der Waals surface area contributed by atoms with Crippen molar-refractivity contribution in [1.82, 2.24) is 0 Å². The van der Waals surface area contributed by atoms with Gasteiger partial charge in [-0.1, -0.05) is 0 Å².